The van der Waals surface area contributed by atoms with Crippen LogP contribution in [0.2, 0.25) is 0 Å². The van der Waals surface area contributed by atoms with E-state index in [2.05, 4.69) is 11.8 Å². The molecule has 0 fully saturated rings. The van der Waals surface area contributed by atoms with E-state index < -0.39 is 29.4 Å². The summed E-state index contributed by atoms with van der Waals surface area (Å²) in [5.74, 6) is 2.24. The first-order valence-electron chi connectivity index (χ1n) is 8.02. The van der Waals surface area contributed by atoms with Crippen LogP contribution in [-0.2, 0) is 0 Å². The molecule has 2 aromatic rings. The molecule has 2 rings (SSSR count). The predicted octanol–water partition coefficient (Wildman–Crippen LogP) is 5.81. The molecule has 0 heterocycles. The second kappa shape index (κ2) is 7.76. The lowest BCUT2D eigenvalue weighted by Gasteiger charge is -2.23. The average Bonchev–Trinajstić information content (AvgIpc) is 2.53. The molecule has 0 radical (unpaired) electrons. The zero-order valence-corrected chi connectivity index (χ0v) is 14.8. The van der Waals surface area contributed by atoms with Gasteiger partial charge in [0.25, 0.3) is 0 Å². The van der Waals surface area contributed by atoms with Gasteiger partial charge in [-0.2, -0.15) is 26.3 Å². The topological polar surface area (TPSA) is 29.5 Å². The number of ether oxygens (including phenoxy) is 1. The third kappa shape index (κ3) is 6.20. The molecule has 1 N–H and O–H groups in total. The van der Waals surface area contributed by atoms with Crippen molar-refractivity contribution in [2.24, 2.45) is 0 Å². The highest BCUT2D eigenvalue weighted by Gasteiger charge is 2.57. The third-order valence-corrected chi connectivity index (χ3v) is 3.47. The van der Waals surface area contributed by atoms with E-state index in [9.17, 15) is 31.4 Å². The molecule has 0 atom stereocenters. The van der Waals surface area contributed by atoms with Crippen LogP contribution in [0.5, 0.6) is 11.5 Å². The molecule has 0 saturated heterocycles. The number of hydrogen-bond donors (Lipinski definition) is 1. The Hall–Kier alpha value is -2.66. The maximum atomic E-state index is 12.7. The summed E-state index contributed by atoms with van der Waals surface area (Å²) < 4.78 is 81.9. The number of aliphatic hydroxyl groups is 1. The van der Waals surface area contributed by atoms with Crippen LogP contribution >= 0.6 is 0 Å². The van der Waals surface area contributed by atoms with Crippen molar-refractivity contribution in [3.05, 3.63) is 59.7 Å². The lowest BCUT2D eigenvalue weighted by atomic mass is 9.98. The first kappa shape index (κ1) is 21.6. The maximum absolute atomic E-state index is 12.7. The smallest absolute Gasteiger partial charge is 0.404 e. The Kier molecular flexibility index (Phi) is 6.00. The summed E-state index contributed by atoms with van der Waals surface area (Å²) in [4.78, 5) is 0. The highest BCUT2D eigenvalue weighted by atomic mass is 19.4. The Balaban J connectivity index is 2.15. The summed E-state index contributed by atoms with van der Waals surface area (Å²) in [5, 5.41) is 9.55. The van der Waals surface area contributed by atoms with E-state index in [0.717, 1.165) is 24.3 Å². The van der Waals surface area contributed by atoms with E-state index in [1.165, 1.54) is 26.0 Å². The number of alkyl halides is 6. The van der Waals surface area contributed by atoms with Gasteiger partial charge in [-0.1, -0.05) is 24.0 Å². The van der Waals surface area contributed by atoms with E-state index in [-0.39, 0.29) is 5.75 Å². The lowest BCUT2D eigenvalue weighted by Crippen LogP contribution is -2.34. The molecule has 0 aromatic heterocycles. The monoisotopic (exact) mass is 402 g/mol. The van der Waals surface area contributed by atoms with Gasteiger partial charge >= 0.3 is 12.4 Å². The minimum absolute atomic E-state index is 0.0853. The van der Waals surface area contributed by atoms with E-state index >= 15 is 0 Å². The molecule has 8 heteroatoms. The second-order valence-electron chi connectivity index (χ2n) is 6.52. The SMILES string of the molecule is CC(C)(O)C#Cc1ccc(Oc2ccc(C(C(F)(F)F)C(F)(F)F)cc2)cc1. The fourth-order valence-corrected chi connectivity index (χ4v) is 2.26. The highest BCUT2D eigenvalue weighted by Crippen LogP contribution is 2.46. The van der Waals surface area contributed by atoms with E-state index in [1.807, 2.05) is 0 Å². The Bertz CT molecular complexity index is 834. The zero-order valence-electron chi connectivity index (χ0n) is 14.8. The predicted molar refractivity (Wildman–Crippen MR) is 91.0 cm³/mol. The van der Waals surface area contributed by atoms with E-state index in [4.69, 9.17) is 4.74 Å². The normalized spacial score (nSPS) is 12.5. The molecular formula is C20H16F6O2. The van der Waals surface area contributed by atoms with Gasteiger partial charge in [0.05, 0.1) is 0 Å². The van der Waals surface area contributed by atoms with Crippen LogP contribution in [-0.4, -0.2) is 23.1 Å². The molecule has 0 aliphatic rings. The van der Waals surface area contributed by atoms with Gasteiger partial charge < -0.3 is 9.84 Å². The molecular weight excluding hydrogens is 386 g/mol. The highest BCUT2D eigenvalue weighted by molar-refractivity contribution is 5.41. The molecule has 2 nitrogen and oxygen atoms in total. The summed E-state index contributed by atoms with van der Waals surface area (Å²) in [7, 11) is 0. The van der Waals surface area contributed by atoms with Gasteiger partial charge in [-0.3, -0.25) is 0 Å². The largest absolute Gasteiger partial charge is 0.457 e. The Labute approximate surface area is 157 Å². The minimum atomic E-state index is -5.44. The molecule has 0 aliphatic carbocycles. The van der Waals surface area contributed by atoms with E-state index in [1.54, 1.807) is 12.1 Å². The molecule has 0 unspecified atom stereocenters. The quantitative estimate of drug-likeness (QED) is 0.519. The molecule has 28 heavy (non-hydrogen) atoms. The van der Waals surface area contributed by atoms with Crippen LogP contribution in [0.1, 0.15) is 30.9 Å². The van der Waals surface area contributed by atoms with Crippen molar-refractivity contribution in [1.82, 2.24) is 0 Å². The van der Waals surface area contributed by atoms with Crippen molar-refractivity contribution in [2.45, 2.75) is 37.7 Å². The van der Waals surface area contributed by atoms with Crippen molar-refractivity contribution in [2.75, 3.05) is 0 Å². The van der Waals surface area contributed by atoms with Crippen LogP contribution in [0, 0.1) is 11.8 Å². The summed E-state index contributed by atoms with van der Waals surface area (Å²) in [6.45, 7) is 3.06. The number of rotatable bonds is 3. The first-order valence-corrected chi connectivity index (χ1v) is 8.02. The lowest BCUT2D eigenvalue weighted by molar-refractivity contribution is -0.253. The zero-order chi connectivity index (χ0) is 21.2. The summed E-state index contributed by atoms with van der Waals surface area (Å²) in [6, 6.07) is 9.85. The van der Waals surface area contributed by atoms with Crippen LogP contribution < -0.4 is 4.74 Å². The van der Waals surface area contributed by atoms with Crippen LogP contribution in [0.25, 0.3) is 0 Å². The van der Waals surface area contributed by atoms with Crippen molar-refractivity contribution < 1.29 is 36.2 Å². The van der Waals surface area contributed by atoms with E-state index in [0.29, 0.717) is 11.3 Å². The Morgan fingerprint density at radius 3 is 1.61 bits per heavy atom. The van der Waals surface area contributed by atoms with Crippen molar-refractivity contribution >= 4 is 0 Å². The molecule has 0 amide bonds. The molecule has 2 aromatic carbocycles. The van der Waals surface area contributed by atoms with Gasteiger partial charge in [-0.25, -0.2) is 0 Å². The van der Waals surface area contributed by atoms with Gasteiger partial charge in [-0.15, -0.1) is 0 Å². The number of halogens is 6. The first-order chi connectivity index (χ1) is 12.8. The van der Waals surface area contributed by atoms with Gasteiger partial charge in [-0.05, 0) is 55.8 Å². The molecule has 0 saturated carbocycles. The standard InChI is InChI=1S/C20H16F6O2/c1-18(2,27)12-11-13-3-7-15(8-4-13)28-16-9-5-14(6-10-16)17(19(21,22)23)20(24,25)26/h3-10,17,27H,1-2H3. The molecule has 0 spiro atoms. The third-order valence-electron chi connectivity index (χ3n) is 3.47. The van der Waals surface area contributed by atoms with Gasteiger partial charge in [0, 0.05) is 5.56 Å². The number of benzene rings is 2. The molecule has 150 valence electrons. The van der Waals surface area contributed by atoms with Crippen LogP contribution in [0.3, 0.4) is 0 Å². The van der Waals surface area contributed by atoms with Crippen LogP contribution in [0.15, 0.2) is 48.5 Å². The van der Waals surface area contributed by atoms with Gasteiger partial charge in [0.15, 0.2) is 5.92 Å². The molecule has 0 bridgehead atoms. The summed E-state index contributed by atoms with van der Waals surface area (Å²) >= 11 is 0. The van der Waals surface area contributed by atoms with Crippen LogP contribution in [0.4, 0.5) is 26.3 Å². The average molecular weight is 402 g/mol. The second-order valence-corrected chi connectivity index (χ2v) is 6.52. The Morgan fingerprint density at radius 1 is 0.786 bits per heavy atom. The van der Waals surface area contributed by atoms with Crippen molar-refractivity contribution in [3.8, 4) is 23.3 Å². The van der Waals surface area contributed by atoms with Gasteiger partial charge in [0.1, 0.15) is 17.1 Å². The fraction of sp³-hybridized carbons (Fsp3) is 0.300. The van der Waals surface area contributed by atoms with Gasteiger partial charge in [0.2, 0.25) is 0 Å². The minimum Gasteiger partial charge on any atom is -0.457 e. The maximum Gasteiger partial charge on any atom is 0.404 e. The Morgan fingerprint density at radius 2 is 1.21 bits per heavy atom. The molecule has 0 aliphatic heterocycles. The number of hydrogen-bond acceptors (Lipinski definition) is 2. The van der Waals surface area contributed by atoms with Crippen molar-refractivity contribution in [1.29, 1.82) is 0 Å². The summed E-state index contributed by atoms with van der Waals surface area (Å²) in [6.07, 6.45) is -10.9. The summed E-state index contributed by atoms with van der Waals surface area (Å²) in [5.41, 5.74) is -1.46. The van der Waals surface area contributed by atoms with Crippen molar-refractivity contribution in [3.63, 3.8) is 0 Å². The fourth-order valence-electron chi connectivity index (χ4n) is 2.26.